The number of hydrogen-bond acceptors (Lipinski definition) is 3. The summed E-state index contributed by atoms with van der Waals surface area (Å²) < 4.78 is 2.82. The highest BCUT2D eigenvalue weighted by Gasteiger charge is 2.49. The number of thiophene rings is 1. The Balaban J connectivity index is 1.31. The monoisotopic (exact) mass is 1020 g/mol. The number of anilines is 6. The molecule has 1 aromatic heterocycles. The Morgan fingerprint density at radius 3 is 1.57 bits per heavy atom. The summed E-state index contributed by atoms with van der Waals surface area (Å²) in [6.07, 6.45) is 8.84. The highest BCUT2D eigenvalue weighted by Crippen LogP contribution is 2.55. The van der Waals surface area contributed by atoms with Crippen LogP contribution in [0, 0.1) is 0 Å². The lowest BCUT2D eigenvalue weighted by molar-refractivity contribution is 0.332. The molecule has 11 rings (SSSR count). The summed E-state index contributed by atoms with van der Waals surface area (Å²) in [4.78, 5) is 5.51. The summed E-state index contributed by atoms with van der Waals surface area (Å²) in [5.74, 6) is 0.568. The first kappa shape index (κ1) is 53.0. The second-order valence-corrected chi connectivity index (χ2v) is 31.6. The maximum absolute atomic E-state index is 2.81. The van der Waals surface area contributed by atoms with Crippen LogP contribution in [-0.4, -0.2) is 6.71 Å². The summed E-state index contributed by atoms with van der Waals surface area (Å²) in [5.41, 5.74) is 24.7. The van der Waals surface area contributed by atoms with Crippen LogP contribution in [0.25, 0.3) is 21.2 Å². The highest BCUT2D eigenvalue weighted by atomic mass is 32.1. The Labute approximate surface area is 464 Å². The number of nitrogens with zero attached hydrogens (tertiary/aromatic N) is 2. The maximum Gasteiger partial charge on any atom is 0.264 e. The van der Waals surface area contributed by atoms with E-state index in [1.54, 1.807) is 0 Å². The number of benzene rings is 6. The minimum Gasteiger partial charge on any atom is -0.311 e. The molecule has 1 saturated carbocycles. The molecule has 0 saturated heterocycles. The fourth-order valence-electron chi connectivity index (χ4n) is 13.4. The van der Waals surface area contributed by atoms with E-state index in [9.17, 15) is 0 Å². The SMILES string of the molecule is CC(C)(C)c1ccc(N2c3cc4c(cc3B3c5sc6ccc(C(C)(C)C)cc6c5N(c5ccc(C6CCCCC6)cc5-c5cc(C(C)(C)C)cc(C(C)(C)C)c5)c5cc(C(C)(C)C)cc2c53)C(C)(C)CCC4(C)C)cc1. The van der Waals surface area contributed by atoms with E-state index < -0.39 is 0 Å². The lowest BCUT2D eigenvalue weighted by Crippen LogP contribution is -2.61. The van der Waals surface area contributed by atoms with Crippen LogP contribution in [0.2, 0.25) is 0 Å². The Morgan fingerprint density at radius 1 is 0.474 bits per heavy atom. The molecular weight excluding hydrogens is 936 g/mol. The van der Waals surface area contributed by atoms with Gasteiger partial charge in [-0.3, -0.25) is 0 Å². The molecule has 0 unspecified atom stereocenters. The maximum atomic E-state index is 2.81. The van der Waals surface area contributed by atoms with E-state index >= 15 is 0 Å². The van der Waals surface area contributed by atoms with Crippen molar-refractivity contribution in [3.63, 3.8) is 0 Å². The molecule has 3 heterocycles. The minimum atomic E-state index is -0.136. The molecule has 2 nitrogen and oxygen atoms in total. The normalized spacial score (nSPS) is 17.6. The van der Waals surface area contributed by atoms with Crippen LogP contribution in [0.3, 0.4) is 0 Å². The molecule has 396 valence electrons. The molecule has 0 N–H and O–H groups in total. The predicted octanol–water partition coefficient (Wildman–Crippen LogP) is 19.5. The molecule has 76 heavy (non-hydrogen) atoms. The van der Waals surface area contributed by atoms with Crippen molar-refractivity contribution in [3.8, 4) is 11.1 Å². The number of hydrogen-bond donors (Lipinski definition) is 0. The van der Waals surface area contributed by atoms with Gasteiger partial charge in [0.1, 0.15) is 0 Å². The van der Waals surface area contributed by atoms with Crippen molar-refractivity contribution in [2.24, 2.45) is 0 Å². The molecule has 4 aliphatic rings. The molecule has 2 aliphatic carbocycles. The van der Waals surface area contributed by atoms with E-state index in [1.807, 2.05) is 11.3 Å². The van der Waals surface area contributed by atoms with Crippen molar-refractivity contribution in [2.45, 2.75) is 220 Å². The molecule has 0 spiro atoms. The summed E-state index contributed by atoms with van der Waals surface area (Å²) in [5, 5.41) is 1.36. The number of rotatable bonds is 4. The van der Waals surface area contributed by atoms with Gasteiger partial charge in [-0.25, -0.2) is 0 Å². The van der Waals surface area contributed by atoms with Gasteiger partial charge in [-0.05, 0) is 185 Å². The van der Waals surface area contributed by atoms with Crippen molar-refractivity contribution >= 4 is 78.0 Å². The first-order valence-electron chi connectivity index (χ1n) is 29.3. The zero-order valence-electron chi connectivity index (χ0n) is 50.2. The lowest BCUT2D eigenvalue weighted by atomic mass is 9.35. The first-order chi connectivity index (χ1) is 35.3. The first-order valence-corrected chi connectivity index (χ1v) is 30.1. The van der Waals surface area contributed by atoms with Gasteiger partial charge in [0.15, 0.2) is 0 Å². The second-order valence-electron chi connectivity index (χ2n) is 30.5. The third-order valence-electron chi connectivity index (χ3n) is 18.7. The van der Waals surface area contributed by atoms with E-state index in [4.69, 9.17) is 0 Å². The molecular formula is C72H89BN2S. The van der Waals surface area contributed by atoms with Gasteiger partial charge in [-0.15, -0.1) is 11.3 Å². The van der Waals surface area contributed by atoms with Gasteiger partial charge in [-0.1, -0.05) is 199 Å². The summed E-state index contributed by atoms with van der Waals surface area (Å²) in [6, 6.07) is 43.1. The van der Waals surface area contributed by atoms with Gasteiger partial charge in [0.2, 0.25) is 0 Å². The van der Waals surface area contributed by atoms with Crippen molar-refractivity contribution < 1.29 is 0 Å². The zero-order chi connectivity index (χ0) is 54.6. The largest absolute Gasteiger partial charge is 0.311 e. The quantitative estimate of drug-likeness (QED) is 0.162. The van der Waals surface area contributed by atoms with Gasteiger partial charge in [0.25, 0.3) is 6.71 Å². The van der Waals surface area contributed by atoms with Crippen LogP contribution in [-0.2, 0) is 37.9 Å². The highest BCUT2D eigenvalue weighted by molar-refractivity contribution is 7.33. The zero-order valence-corrected chi connectivity index (χ0v) is 51.0. The Kier molecular flexibility index (Phi) is 12.4. The van der Waals surface area contributed by atoms with E-state index in [-0.39, 0.29) is 44.6 Å². The fraction of sp³-hybridized carbons (Fsp3) is 0.472. The molecule has 2 aliphatic heterocycles. The standard InChI is InChI=1S/C72H89BN2S/c1-66(2,3)47-26-29-52(30-27-47)74-59-43-56-55(71(16,17)33-34-72(56,18)19)42-57(59)73-63-60(74)40-51(70(13,14)15)41-61(63)75(64-54-39-48(67(4,5)6)28-32-62(54)76-65(64)73)58-31-25-45(44-23-21-20-22-24-44)37-53(58)46-35-49(68(7,8)9)38-50(36-46)69(10,11)12/h25-32,35-44H,20-24,33-34H2,1-19H3. The van der Waals surface area contributed by atoms with Crippen LogP contribution < -0.4 is 25.5 Å². The average molecular weight is 1030 g/mol. The second kappa shape index (κ2) is 17.7. The van der Waals surface area contributed by atoms with Crippen LogP contribution in [0.4, 0.5) is 34.1 Å². The van der Waals surface area contributed by atoms with Crippen molar-refractivity contribution in [2.75, 3.05) is 9.80 Å². The van der Waals surface area contributed by atoms with Crippen LogP contribution in [0.1, 0.15) is 227 Å². The Morgan fingerprint density at radius 2 is 1.00 bits per heavy atom. The lowest BCUT2D eigenvalue weighted by Gasteiger charge is -2.47. The van der Waals surface area contributed by atoms with Gasteiger partial charge < -0.3 is 9.80 Å². The van der Waals surface area contributed by atoms with Crippen LogP contribution >= 0.6 is 11.3 Å². The van der Waals surface area contributed by atoms with Gasteiger partial charge >= 0.3 is 0 Å². The Bertz CT molecular complexity index is 3400. The molecule has 0 radical (unpaired) electrons. The smallest absolute Gasteiger partial charge is 0.264 e. The predicted molar refractivity (Wildman–Crippen MR) is 336 cm³/mol. The number of fused-ring (bicyclic) bond motifs is 7. The van der Waals surface area contributed by atoms with Gasteiger partial charge in [0.05, 0.1) is 11.4 Å². The fourth-order valence-corrected chi connectivity index (χ4v) is 14.7. The van der Waals surface area contributed by atoms with Crippen molar-refractivity contribution in [1.82, 2.24) is 0 Å². The van der Waals surface area contributed by atoms with Crippen molar-refractivity contribution in [1.29, 1.82) is 0 Å². The average Bonchev–Trinajstić information content (AvgIpc) is 3.77. The minimum absolute atomic E-state index is 0.0194. The van der Waals surface area contributed by atoms with Crippen molar-refractivity contribution in [3.05, 3.63) is 148 Å². The molecule has 6 aromatic carbocycles. The molecule has 7 aromatic rings. The van der Waals surface area contributed by atoms with E-state index in [0.29, 0.717) is 5.92 Å². The van der Waals surface area contributed by atoms with E-state index in [0.717, 1.165) is 0 Å². The van der Waals surface area contributed by atoms with Crippen LogP contribution in [0.15, 0.2) is 103 Å². The van der Waals surface area contributed by atoms with Gasteiger partial charge in [-0.2, -0.15) is 0 Å². The van der Waals surface area contributed by atoms with E-state index in [2.05, 4.69) is 244 Å². The molecule has 1 fully saturated rings. The molecule has 0 amide bonds. The van der Waals surface area contributed by atoms with E-state index in [1.165, 1.54) is 160 Å². The Hall–Kier alpha value is -5.06. The summed E-state index contributed by atoms with van der Waals surface area (Å²) >= 11 is 2.05. The summed E-state index contributed by atoms with van der Waals surface area (Å²) in [7, 11) is 0. The molecule has 0 bridgehead atoms. The third kappa shape index (κ3) is 9.01. The molecule has 4 heteroatoms. The molecule has 0 atom stereocenters. The third-order valence-corrected chi connectivity index (χ3v) is 19.9. The van der Waals surface area contributed by atoms with Gasteiger partial charge in [0, 0.05) is 43.2 Å². The topological polar surface area (TPSA) is 6.48 Å². The summed E-state index contributed by atoms with van der Waals surface area (Å²) in [6.45, 7) is 45.8. The van der Waals surface area contributed by atoms with Crippen LogP contribution in [0.5, 0.6) is 0 Å².